The topological polar surface area (TPSA) is 89.5 Å². The van der Waals surface area contributed by atoms with Gasteiger partial charge >= 0.3 is 5.97 Å². The van der Waals surface area contributed by atoms with Crippen LogP contribution in [0.25, 0.3) is 0 Å². The lowest BCUT2D eigenvalue weighted by molar-refractivity contribution is -0.139. The van der Waals surface area contributed by atoms with Crippen molar-refractivity contribution in [2.45, 2.75) is 26.8 Å². The van der Waals surface area contributed by atoms with Gasteiger partial charge in [0, 0.05) is 16.9 Å². The molecule has 0 aromatic heterocycles. The van der Waals surface area contributed by atoms with Crippen LogP contribution in [0.2, 0.25) is 5.02 Å². The van der Waals surface area contributed by atoms with Gasteiger partial charge in [-0.05, 0) is 62.1 Å². The molecule has 2 heterocycles. The number of nitrogens with zero attached hydrogens (tertiary/aromatic N) is 2. The molecule has 0 bridgehead atoms. The highest BCUT2D eigenvalue weighted by Gasteiger charge is 2.37. The number of rotatable bonds is 9. The van der Waals surface area contributed by atoms with Gasteiger partial charge in [-0.1, -0.05) is 35.5 Å². The summed E-state index contributed by atoms with van der Waals surface area (Å²) in [7, 11) is 0. The van der Waals surface area contributed by atoms with Crippen LogP contribution in [0.15, 0.2) is 70.3 Å². The van der Waals surface area contributed by atoms with E-state index in [1.165, 1.54) is 11.8 Å². The van der Waals surface area contributed by atoms with Gasteiger partial charge in [0.2, 0.25) is 0 Å². The number of esters is 1. The van der Waals surface area contributed by atoms with Crippen molar-refractivity contribution in [2.24, 2.45) is 4.99 Å². The van der Waals surface area contributed by atoms with E-state index in [9.17, 15) is 9.59 Å². The molecule has 0 fully saturated rings. The molecule has 0 unspecified atom stereocenters. The Hall–Kier alpha value is -3.43. The van der Waals surface area contributed by atoms with E-state index >= 15 is 0 Å². The molecule has 36 heavy (non-hydrogen) atoms. The summed E-state index contributed by atoms with van der Waals surface area (Å²) >= 11 is 7.46. The van der Waals surface area contributed by atoms with E-state index in [4.69, 9.17) is 25.8 Å². The van der Waals surface area contributed by atoms with Gasteiger partial charge in [0.15, 0.2) is 23.3 Å². The van der Waals surface area contributed by atoms with E-state index in [0.29, 0.717) is 40.1 Å². The molecule has 2 aromatic carbocycles. The van der Waals surface area contributed by atoms with Gasteiger partial charge in [0.25, 0.3) is 5.91 Å². The molecule has 188 valence electrons. The Morgan fingerprint density at radius 3 is 2.69 bits per heavy atom. The van der Waals surface area contributed by atoms with Crippen LogP contribution in [0, 0.1) is 0 Å². The van der Waals surface area contributed by atoms with Crippen LogP contribution in [-0.2, 0) is 14.3 Å². The van der Waals surface area contributed by atoms with Crippen LogP contribution in [0.1, 0.15) is 32.4 Å². The van der Waals surface area contributed by atoms with E-state index in [-0.39, 0.29) is 19.1 Å². The molecule has 0 saturated heterocycles. The molecule has 0 aliphatic carbocycles. The predicted molar refractivity (Wildman–Crippen MR) is 141 cm³/mol. The fourth-order valence-corrected chi connectivity index (χ4v) is 4.87. The zero-order valence-electron chi connectivity index (χ0n) is 20.1. The van der Waals surface area contributed by atoms with Crippen molar-refractivity contribution < 1.29 is 23.8 Å². The third-order valence-electron chi connectivity index (χ3n) is 5.37. The number of anilines is 1. The lowest BCUT2D eigenvalue weighted by Gasteiger charge is -2.33. The van der Waals surface area contributed by atoms with Crippen LogP contribution in [-0.4, -0.2) is 41.8 Å². The van der Waals surface area contributed by atoms with Crippen LogP contribution in [0.5, 0.6) is 11.5 Å². The summed E-state index contributed by atoms with van der Waals surface area (Å²) in [5.74, 6) is 0.131. The molecule has 0 spiro atoms. The molecule has 2 aliphatic rings. The van der Waals surface area contributed by atoms with Crippen LogP contribution >= 0.6 is 23.4 Å². The average Bonchev–Trinajstić information content (AvgIpc) is 3.30. The van der Waals surface area contributed by atoms with Gasteiger partial charge < -0.3 is 24.4 Å². The van der Waals surface area contributed by atoms with Crippen molar-refractivity contribution in [2.75, 3.05) is 25.1 Å². The summed E-state index contributed by atoms with van der Waals surface area (Å²) in [5, 5.41) is 5.98. The number of amides is 1. The van der Waals surface area contributed by atoms with E-state index in [2.05, 4.69) is 10.3 Å². The second-order valence-corrected chi connectivity index (χ2v) is 9.12. The molecule has 2 aliphatic heterocycles. The summed E-state index contributed by atoms with van der Waals surface area (Å²) in [5.41, 5.74) is 2.45. The molecule has 4 rings (SSSR count). The second kappa shape index (κ2) is 11.5. The van der Waals surface area contributed by atoms with Crippen molar-refractivity contribution >= 4 is 46.1 Å². The first-order valence-electron chi connectivity index (χ1n) is 11.4. The number of benzene rings is 2. The molecule has 2 aromatic rings. The van der Waals surface area contributed by atoms with Gasteiger partial charge in [0.1, 0.15) is 0 Å². The normalized spacial score (nSPS) is 16.4. The number of nitrogens with one attached hydrogen (secondary N) is 1. The van der Waals surface area contributed by atoms with Gasteiger partial charge in [-0.15, -0.1) is 0 Å². The van der Waals surface area contributed by atoms with Crippen molar-refractivity contribution in [1.29, 1.82) is 0 Å². The lowest BCUT2D eigenvalue weighted by Crippen LogP contribution is -2.34. The lowest BCUT2D eigenvalue weighted by atomic mass is 9.94. The molecule has 10 heteroatoms. The Labute approximate surface area is 219 Å². The number of hydrogen-bond donors (Lipinski definition) is 1. The van der Waals surface area contributed by atoms with Crippen LogP contribution < -0.4 is 14.8 Å². The molecule has 8 nitrogen and oxygen atoms in total. The number of allylic oxidation sites excluding steroid dienone is 1. The quantitative estimate of drug-likeness (QED) is 0.429. The Morgan fingerprint density at radius 1 is 1.11 bits per heavy atom. The minimum Gasteiger partial charge on any atom is -0.490 e. The highest BCUT2D eigenvalue weighted by Crippen LogP contribution is 2.43. The second-order valence-electron chi connectivity index (χ2n) is 7.81. The van der Waals surface area contributed by atoms with E-state index < -0.39 is 12.0 Å². The summed E-state index contributed by atoms with van der Waals surface area (Å²) in [6.07, 6.45) is 1.89. The number of fused-ring (bicyclic) bond motifs is 1. The smallest absolute Gasteiger partial charge is 0.338 e. The van der Waals surface area contributed by atoms with Crippen molar-refractivity contribution in [3.8, 4) is 11.5 Å². The fourth-order valence-electron chi connectivity index (χ4n) is 3.89. The first-order chi connectivity index (χ1) is 17.4. The Kier molecular flexibility index (Phi) is 8.22. The number of carbonyl (C=O) groups is 2. The summed E-state index contributed by atoms with van der Waals surface area (Å²) in [6, 6.07) is 11.9. The summed E-state index contributed by atoms with van der Waals surface area (Å²) < 4.78 is 17.0. The molecule has 1 N–H and O–H groups in total. The maximum Gasteiger partial charge on any atom is 0.338 e. The van der Waals surface area contributed by atoms with Crippen molar-refractivity contribution in [3.63, 3.8) is 0 Å². The zero-order valence-corrected chi connectivity index (χ0v) is 21.7. The Bertz CT molecular complexity index is 1260. The number of carbonyl (C=O) groups excluding carboxylic acids is 2. The van der Waals surface area contributed by atoms with Gasteiger partial charge in [-0.3, -0.25) is 4.79 Å². The predicted octanol–water partition coefficient (Wildman–Crippen LogP) is 5.52. The van der Waals surface area contributed by atoms with Crippen LogP contribution in [0.3, 0.4) is 0 Å². The molecule has 1 amide bonds. The third kappa shape index (κ3) is 5.68. The molecule has 1 atom stereocenters. The Morgan fingerprint density at radius 2 is 1.94 bits per heavy atom. The number of halogens is 1. The largest absolute Gasteiger partial charge is 0.490 e. The summed E-state index contributed by atoms with van der Waals surface area (Å²) in [6.45, 7) is 5.88. The van der Waals surface area contributed by atoms with Crippen LogP contribution in [0.4, 0.5) is 5.69 Å². The maximum atomic E-state index is 12.9. The van der Waals surface area contributed by atoms with Gasteiger partial charge in [-0.2, -0.15) is 0 Å². The maximum absolute atomic E-state index is 12.9. The minimum absolute atomic E-state index is 0.218. The van der Waals surface area contributed by atoms with E-state index in [1.54, 1.807) is 37.3 Å². The SMILES string of the molecule is CCOC(=O)C1=C(C)N=C2SC=CN2[C@@H]1c1ccc(OCC(=O)Nc2cccc(Cl)c2)c(OCC)c1. The number of hydrogen-bond acceptors (Lipinski definition) is 8. The first kappa shape index (κ1) is 25.7. The highest BCUT2D eigenvalue weighted by atomic mass is 35.5. The third-order valence-corrected chi connectivity index (χ3v) is 6.37. The van der Waals surface area contributed by atoms with E-state index in [1.807, 2.05) is 42.5 Å². The molecular formula is C26H26ClN3O5S. The number of aliphatic imine (C=N–C) groups is 1. The first-order valence-corrected chi connectivity index (χ1v) is 12.7. The number of thioether (sulfide) groups is 1. The molecule has 0 radical (unpaired) electrons. The Balaban J connectivity index is 1.58. The summed E-state index contributed by atoms with van der Waals surface area (Å²) in [4.78, 5) is 31.8. The van der Waals surface area contributed by atoms with Crippen molar-refractivity contribution in [3.05, 3.63) is 75.9 Å². The zero-order chi connectivity index (χ0) is 25.7. The average molecular weight is 528 g/mol. The van der Waals surface area contributed by atoms with E-state index in [0.717, 1.165) is 10.7 Å². The van der Waals surface area contributed by atoms with Gasteiger partial charge in [0.05, 0.1) is 30.5 Å². The van der Waals surface area contributed by atoms with Gasteiger partial charge in [-0.25, -0.2) is 9.79 Å². The molecule has 0 saturated carbocycles. The van der Waals surface area contributed by atoms with Crippen molar-refractivity contribution in [1.82, 2.24) is 4.90 Å². The highest BCUT2D eigenvalue weighted by molar-refractivity contribution is 8.16. The standard InChI is InChI=1S/C26H26ClN3O5S/c1-4-33-21-13-17(9-10-20(21)35-15-22(31)29-19-8-6-7-18(27)14-19)24-23(25(32)34-5-2)16(3)28-26-30(24)11-12-36-26/h6-14,24H,4-5,15H2,1-3H3,(H,29,31)/t24-/m1/s1. The number of ether oxygens (including phenoxy) is 3. The fraction of sp³-hybridized carbons (Fsp3) is 0.269. The molecular weight excluding hydrogens is 502 g/mol. The number of amidine groups is 1. The minimum atomic E-state index is -0.442. The monoisotopic (exact) mass is 527 g/mol.